The molecule has 1 aromatic rings. The molecular formula is C14H18Cl2N2O2S. The van der Waals surface area contributed by atoms with Gasteiger partial charge in [-0.1, -0.05) is 36.2 Å². The molecule has 1 aromatic carbocycles. The monoisotopic (exact) mass is 348 g/mol. The number of nitrogens with zero attached hydrogens (tertiary/aromatic N) is 2. The summed E-state index contributed by atoms with van der Waals surface area (Å²) in [5.41, 5.74) is 0.798. The zero-order valence-electron chi connectivity index (χ0n) is 11.8. The van der Waals surface area contributed by atoms with Crippen LogP contribution in [0.15, 0.2) is 18.2 Å². The van der Waals surface area contributed by atoms with Gasteiger partial charge >= 0.3 is 0 Å². The van der Waals surface area contributed by atoms with Crippen molar-refractivity contribution in [1.29, 1.82) is 5.26 Å². The van der Waals surface area contributed by atoms with E-state index in [-0.39, 0.29) is 12.3 Å². The fourth-order valence-corrected chi connectivity index (χ4v) is 3.75. The largest absolute Gasteiger partial charge is 0.214 e. The van der Waals surface area contributed by atoms with Crippen LogP contribution in [0.3, 0.4) is 0 Å². The Morgan fingerprint density at radius 1 is 1.24 bits per heavy atom. The molecule has 116 valence electrons. The van der Waals surface area contributed by atoms with E-state index in [1.165, 1.54) is 4.31 Å². The molecule has 0 aromatic heterocycles. The minimum atomic E-state index is -3.33. The number of nitriles is 1. The highest BCUT2D eigenvalue weighted by molar-refractivity contribution is 7.89. The van der Waals surface area contributed by atoms with Crippen LogP contribution in [0.4, 0.5) is 0 Å². The molecule has 4 nitrogen and oxygen atoms in total. The van der Waals surface area contributed by atoms with Crippen LogP contribution in [0.5, 0.6) is 0 Å². The first-order valence-electron chi connectivity index (χ1n) is 6.69. The number of hydrogen-bond donors (Lipinski definition) is 0. The molecule has 0 aliphatic heterocycles. The van der Waals surface area contributed by atoms with Gasteiger partial charge in [0.25, 0.3) is 0 Å². The highest BCUT2D eigenvalue weighted by atomic mass is 35.5. The van der Waals surface area contributed by atoms with Gasteiger partial charge in [0.2, 0.25) is 10.0 Å². The lowest BCUT2D eigenvalue weighted by Gasteiger charge is -2.20. The SMILES string of the molecule is CCN(Cc1ccc(Cl)c(Cl)c1)S(=O)(=O)CCCCC#N. The van der Waals surface area contributed by atoms with Crippen molar-refractivity contribution in [2.24, 2.45) is 0 Å². The summed E-state index contributed by atoms with van der Waals surface area (Å²) in [5.74, 6) is 0.0594. The molecule has 0 heterocycles. The fraction of sp³-hybridized carbons (Fsp3) is 0.500. The Kier molecular flexibility index (Phi) is 7.47. The normalized spacial score (nSPS) is 11.6. The van der Waals surface area contributed by atoms with E-state index in [1.54, 1.807) is 25.1 Å². The lowest BCUT2D eigenvalue weighted by Crippen LogP contribution is -2.32. The molecule has 0 saturated heterocycles. The van der Waals surface area contributed by atoms with Crippen LogP contribution in [0.2, 0.25) is 10.0 Å². The molecule has 0 saturated carbocycles. The molecule has 0 spiro atoms. The number of halogens is 2. The summed E-state index contributed by atoms with van der Waals surface area (Å²) in [6, 6.07) is 7.12. The average Bonchev–Trinajstić information content (AvgIpc) is 2.44. The van der Waals surface area contributed by atoms with Gasteiger partial charge in [0.15, 0.2) is 0 Å². The number of hydrogen-bond acceptors (Lipinski definition) is 3. The lowest BCUT2D eigenvalue weighted by atomic mass is 10.2. The molecule has 1 rings (SSSR count). The van der Waals surface area contributed by atoms with E-state index in [4.69, 9.17) is 28.5 Å². The summed E-state index contributed by atoms with van der Waals surface area (Å²) >= 11 is 11.8. The van der Waals surface area contributed by atoms with Crippen LogP contribution in [0.25, 0.3) is 0 Å². The van der Waals surface area contributed by atoms with Crippen LogP contribution < -0.4 is 0 Å². The summed E-state index contributed by atoms with van der Waals surface area (Å²) in [7, 11) is -3.33. The predicted octanol–water partition coefficient (Wildman–Crippen LogP) is 3.84. The second kappa shape index (κ2) is 8.60. The smallest absolute Gasteiger partial charge is 0.212 e. The van der Waals surface area contributed by atoms with Crippen molar-refractivity contribution in [3.63, 3.8) is 0 Å². The molecule has 0 unspecified atom stereocenters. The third-order valence-electron chi connectivity index (χ3n) is 3.03. The standard InChI is InChI=1S/C14H18Cl2N2O2S/c1-2-18(21(19,20)9-5-3-4-8-17)11-12-6-7-13(15)14(16)10-12/h6-7,10H,2-5,9,11H2,1H3. The van der Waals surface area contributed by atoms with E-state index in [0.717, 1.165) is 5.56 Å². The highest BCUT2D eigenvalue weighted by Gasteiger charge is 2.20. The molecular weight excluding hydrogens is 331 g/mol. The first-order chi connectivity index (χ1) is 9.90. The lowest BCUT2D eigenvalue weighted by molar-refractivity contribution is 0.422. The highest BCUT2D eigenvalue weighted by Crippen LogP contribution is 2.23. The Bertz CT molecular complexity index is 612. The molecule has 21 heavy (non-hydrogen) atoms. The molecule has 0 N–H and O–H groups in total. The van der Waals surface area contributed by atoms with Gasteiger partial charge in [-0.05, 0) is 30.5 Å². The van der Waals surface area contributed by atoms with Gasteiger partial charge in [0, 0.05) is 19.5 Å². The summed E-state index contributed by atoms with van der Waals surface area (Å²) in [4.78, 5) is 0. The van der Waals surface area contributed by atoms with E-state index in [9.17, 15) is 8.42 Å². The maximum atomic E-state index is 12.3. The summed E-state index contributed by atoms with van der Waals surface area (Å²) < 4.78 is 25.9. The second-order valence-corrected chi connectivity index (χ2v) is 7.51. The first kappa shape index (κ1) is 18.2. The maximum absolute atomic E-state index is 12.3. The minimum Gasteiger partial charge on any atom is -0.212 e. The van der Waals surface area contributed by atoms with Crippen LogP contribution in [-0.4, -0.2) is 25.0 Å². The third kappa shape index (κ3) is 5.84. The van der Waals surface area contributed by atoms with Crippen molar-refractivity contribution in [1.82, 2.24) is 4.31 Å². The van der Waals surface area contributed by atoms with Crippen LogP contribution in [0, 0.1) is 11.3 Å². The Morgan fingerprint density at radius 2 is 1.95 bits per heavy atom. The molecule has 0 bridgehead atoms. The van der Waals surface area contributed by atoms with Crippen molar-refractivity contribution in [2.45, 2.75) is 32.7 Å². The predicted molar refractivity (Wildman–Crippen MR) is 85.8 cm³/mol. The Labute approximate surface area is 136 Å². The van der Waals surface area contributed by atoms with Gasteiger partial charge < -0.3 is 0 Å². The van der Waals surface area contributed by atoms with Crippen molar-refractivity contribution in [2.75, 3.05) is 12.3 Å². The van der Waals surface area contributed by atoms with Gasteiger partial charge in [-0.2, -0.15) is 9.57 Å². The topological polar surface area (TPSA) is 61.2 Å². The van der Waals surface area contributed by atoms with Gasteiger partial charge in [-0.15, -0.1) is 0 Å². The Balaban J connectivity index is 2.72. The fourth-order valence-electron chi connectivity index (χ4n) is 1.87. The summed E-state index contributed by atoms with van der Waals surface area (Å²) in [6.45, 7) is 2.46. The van der Waals surface area contributed by atoms with Gasteiger partial charge in [-0.25, -0.2) is 8.42 Å². The van der Waals surface area contributed by atoms with Crippen LogP contribution in [0.1, 0.15) is 31.7 Å². The molecule has 0 aliphatic rings. The van der Waals surface area contributed by atoms with Crippen LogP contribution in [-0.2, 0) is 16.6 Å². The van der Waals surface area contributed by atoms with E-state index in [1.807, 2.05) is 6.07 Å². The minimum absolute atomic E-state index is 0.0594. The van der Waals surface area contributed by atoms with Crippen molar-refractivity contribution < 1.29 is 8.42 Å². The van der Waals surface area contributed by atoms with E-state index >= 15 is 0 Å². The number of rotatable bonds is 8. The van der Waals surface area contributed by atoms with Gasteiger partial charge in [0.1, 0.15) is 0 Å². The van der Waals surface area contributed by atoms with Gasteiger partial charge in [-0.3, -0.25) is 0 Å². The van der Waals surface area contributed by atoms with Crippen molar-refractivity contribution >= 4 is 33.2 Å². The van der Waals surface area contributed by atoms with Gasteiger partial charge in [0.05, 0.1) is 21.9 Å². The second-order valence-electron chi connectivity index (χ2n) is 4.61. The maximum Gasteiger partial charge on any atom is 0.214 e. The first-order valence-corrected chi connectivity index (χ1v) is 9.06. The third-order valence-corrected chi connectivity index (χ3v) is 5.75. The number of unbranched alkanes of at least 4 members (excludes halogenated alkanes) is 2. The average molecular weight is 349 g/mol. The molecule has 0 fully saturated rings. The molecule has 0 aliphatic carbocycles. The summed E-state index contributed by atoms with van der Waals surface area (Å²) in [5, 5.41) is 9.32. The zero-order chi connectivity index (χ0) is 15.9. The quantitative estimate of drug-likeness (QED) is 0.670. The number of sulfonamides is 1. The Hall–Kier alpha value is -0.800. The Morgan fingerprint density at radius 3 is 2.52 bits per heavy atom. The van der Waals surface area contributed by atoms with Crippen LogP contribution >= 0.6 is 23.2 Å². The van der Waals surface area contributed by atoms with Crippen molar-refractivity contribution in [3.05, 3.63) is 33.8 Å². The van der Waals surface area contributed by atoms with E-state index in [0.29, 0.717) is 35.9 Å². The zero-order valence-corrected chi connectivity index (χ0v) is 14.2. The van der Waals surface area contributed by atoms with E-state index in [2.05, 4.69) is 0 Å². The molecule has 0 amide bonds. The summed E-state index contributed by atoms with van der Waals surface area (Å²) in [6.07, 6.45) is 1.47. The van der Waals surface area contributed by atoms with E-state index < -0.39 is 10.0 Å². The van der Waals surface area contributed by atoms with Crippen molar-refractivity contribution in [3.8, 4) is 6.07 Å². The molecule has 0 radical (unpaired) electrons. The number of benzene rings is 1. The molecule has 0 atom stereocenters. The molecule has 7 heteroatoms.